The molecule has 1 aliphatic heterocycles. The van der Waals surface area contributed by atoms with Crippen molar-refractivity contribution in [3.63, 3.8) is 0 Å². The Labute approximate surface area is 131 Å². The molecule has 2 N–H and O–H groups in total. The number of aromatic hydroxyl groups is 1. The van der Waals surface area contributed by atoms with Crippen LogP contribution in [0.15, 0.2) is 52.6 Å². The number of benzene rings is 1. The van der Waals surface area contributed by atoms with E-state index in [-0.39, 0.29) is 11.7 Å². The van der Waals surface area contributed by atoms with Crippen molar-refractivity contribution in [2.45, 2.75) is 6.92 Å². The van der Waals surface area contributed by atoms with E-state index in [2.05, 4.69) is 15.3 Å². The summed E-state index contributed by atoms with van der Waals surface area (Å²) in [6.45, 7) is 1.86. The highest BCUT2D eigenvalue weighted by molar-refractivity contribution is 8.18. The van der Waals surface area contributed by atoms with Gasteiger partial charge in [0.2, 0.25) is 0 Å². The first kappa shape index (κ1) is 14.3. The molecule has 0 atom stereocenters. The fourth-order valence-electron chi connectivity index (χ4n) is 1.98. The third-order valence-corrected chi connectivity index (χ3v) is 3.99. The van der Waals surface area contributed by atoms with Gasteiger partial charge in [0.15, 0.2) is 5.17 Å². The Morgan fingerprint density at radius 1 is 1.27 bits per heavy atom. The minimum atomic E-state index is -0.200. The zero-order valence-electron chi connectivity index (χ0n) is 11.8. The second kappa shape index (κ2) is 6.03. The van der Waals surface area contributed by atoms with Crippen LogP contribution in [0.2, 0.25) is 0 Å². The molecule has 1 aromatic heterocycles. The van der Waals surface area contributed by atoms with Crippen molar-refractivity contribution in [3.05, 3.63) is 58.8 Å². The second-order valence-corrected chi connectivity index (χ2v) is 5.74. The molecule has 0 bridgehead atoms. The average Bonchev–Trinajstić information content (AvgIpc) is 2.84. The molecule has 2 heterocycles. The van der Waals surface area contributed by atoms with Gasteiger partial charge in [-0.05, 0) is 54.1 Å². The van der Waals surface area contributed by atoms with Crippen LogP contribution in [0.4, 0.5) is 5.69 Å². The van der Waals surface area contributed by atoms with Crippen LogP contribution in [-0.2, 0) is 4.79 Å². The number of hydrogen-bond donors (Lipinski definition) is 2. The average molecular weight is 311 g/mol. The van der Waals surface area contributed by atoms with E-state index >= 15 is 0 Å². The summed E-state index contributed by atoms with van der Waals surface area (Å²) in [5.74, 6) is -0.109. The minimum Gasteiger partial charge on any atom is -0.506 e. The highest BCUT2D eigenvalue weighted by atomic mass is 32.2. The zero-order chi connectivity index (χ0) is 15.5. The first-order valence-corrected chi connectivity index (χ1v) is 7.43. The summed E-state index contributed by atoms with van der Waals surface area (Å²) in [6, 6.07) is 8.83. The molecule has 1 amide bonds. The summed E-state index contributed by atoms with van der Waals surface area (Å²) in [5, 5.41) is 13.0. The van der Waals surface area contributed by atoms with Gasteiger partial charge < -0.3 is 10.4 Å². The molecule has 0 spiro atoms. The van der Waals surface area contributed by atoms with Gasteiger partial charge in [0.05, 0.1) is 4.91 Å². The topological polar surface area (TPSA) is 74.6 Å². The van der Waals surface area contributed by atoms with Gasteiger partial charge in [0.25, 0.3) is 5.91 Å². The van der Waals surface area contributed by atoms with Crippen LogP contribution in [0, 0.1) is 6.92 Å². The van der Waals surface area contributed by atoms with Crippen LogP contribution in [0.25, 0.3) is 6.08 Å². The number of aliphatic imine (C=N–C) groups is 1. The number of thioether (sulfide) groups is 1. The van der Waals surface area contributed by atoms with Crippen LogP contribution in [0.5, 0.6) is 5.75 Å². The van der Waals surface area contributed by atoms with Crippen molar-refractivity contribution >= 4 is 34.6 Å². The van der Waals surface area contributed by atoms with Crippen molar-refractivity contribution < 1.29 is 9.90 Å². The van der Waals surface area contributed by atoms with Crippen LogP contribution in [-0.4, -0.2) is 21.2 Å². The number of carbonyl (C=O) groups is 1. The number of hydrogen-bond acceptors (Lipinski definition) is 5. The fraction of sp³-hybridized carbons (Fsp3) is 0.0625. The number of carbonyl (C=O) groups excluding carboxylic acids is 1. The molecule has 0 aliphatic carbocycles. The summed E-state index contributed by atoms with van der Waals surface area (Å²) >= 11 is 1.24. The number of para-hydroxylation sites is 1. The fourth-order valence-corrected chi connectivity index (χ4v) is 2.81. The van der Waals surface area contributed by atoms with Crippen molar-refractivity contribution in [2.24, 2.45) is 4.99 Å². The Morgan fingerprint density at radius 2 is 2.05 bits per heavy atom. The van der Waals surface area contributed by atoms with E-state index in [9.17, 15) is 9.90 Å². The van der Waals surface area contributed by atoms with Crippen molar-refractivity contribution in [3.8, 4) is 5.75 Å². The lowest BCUT2D eigenvalue weighted by molar-refractivity contribution is -0.115. The van der Waals surface area contributed by atoms with Crippen LogP contribution in [0.3, 0.4) is 0 Å². The number of aromatic nitrogens is 1. The molecule has 2 aromatic rings. The van der Waals surface area contributed by atoms with Crippen LogP contribution >= 0.6 is 11.8 Å². The van der Waals surface area contributed by atoms with E-state index in [4.69, 9.17) is 0 Å². The lowest BCUT2D eigenvalue weighted by Crippen LogP contribution is -2.19. The van der Waals surface area contributed by atoms with Crippen molar-refractivity contribution in [1.29, 1.82) is 0 Å². The lowest BCUT2D eigenvalue weighted by Gasteiger charge is -2.03. The Bertz CT molecular complexity index is 765. The molecule has 0 unspecified atom stereocenters. The van der Waals surface area contributed by atoms with Gasteiger partial charge in [-0.1, -0.05) is 12.1 Å². The number of rotatable bonds is 2. The zero-order valence-corrected chi connectivity index (χ0v) is 12.6. The molecule has 1 fully saturated rings. The first-order valence-electron chi connectivity index (χ1n) is 6.61. The van der Waals surface area contributed by atoms with Gasteiger partial charge >= 0.3 is 0 Å². The molecule has 22 heavy (non-hydrogen) atoms. The predicted octanol–water partition coefficient (Wildman–Crippen LogP) is 2.99. The Hall–Kier alpha value is -2.60. The molecule has 110 valence electrons. The Morgan fingerprint density at radius 3 is 2.77 bits per heavy atom. The van der Waals surface area contributed by atoms with E-state index in [0.717, 1.165) is 11.1 Å². The summed E-state index contributed by atoms with van der Waals surface area (Å²) in [7, 11) is 0. The minimum absolute atomic E-state index is 0.0916. The molecule has 3 rings (SSSR count). The van der Waals surface area contributed by atoms with Crippen molar-refractivity contribution in [1.82, 2.24) is 10.3 Å². The van der Waals surface area contributed by atoms with Gasteiger partial charge in [0.1, 0.15) is 11.4 Å². The SMILES string of the molecule is Cc1cccc(O)c1N=C1NC(=O)/C(=C/c2ccncc2)S1. The van der Waals surface area contributed by atoms with Crippen LogP contribution in [0.1, 0.15) is 11.1 Å². The maximum absolute atomic E-state index is 12.0. The van der Waals surface area contributed by atoms with Crippen LogP contribution < -0.4 is 5.32 Å². The quantitative estimate of drug-likeness (QED) is 0.836. The Kier molecular flexibility index (Phi) is 3.93. The summed E-state index contributed by atoms with van der Waals surface area (Å²) in [5.41, 5.74) is 2.21. The number of phenols is 1. The molecule has 1 aromatic carbocycles. The number of phenolic OH excluding ortho intramolecular Hbond substituents is 1. The monoisotopic (exact) mass is 311 g/mol. The lowest BCUT2D eigenvalue weighted by atomic mass is 10.2. The molecular weight excluding hydrogens is 298 g/mol. The highest BCUT2D eigenvalue weighted by Gasteiger charge is 2.24. The van der Waals surface area contributed by atoms with Gasteiger partial charge in [-0.15, -0.1) is 0 Å². The molecular formula is C16H13N3O2S. The largest absolute Gasteiger partial charge is 0.506 e. The first-order chi connectivity index (χ1) is 10.6. The number of amides is 1. The van der Waals surface area contributed by atoms with E-state index in [1.165, 1.54) is 11.8 Å². The number of nitrogens with zero attached hydrogens (tertiary/aromatic N) is 2. The molecule has 6 heteroatoms. The molecule has 0 radical (unpaired) electrons. The summed E-state index contributed by atoms with van der Waals surface area (Å²) in [6.07, 6.45) is 5.12. The second-order valence-electron chi connectivity index (χ2n) is 4.70. The number of amidine groups is 1. The van der Waals surface area contributed by atoms with E-state index < -0.39 is 0 Å². The molecule has 0 saturated carbocycles. The smallest absolute Gasteiger partial charge is 0.264 e. The Balaban J connectivity index is 1.89. The van der Waals surface area contributed by atoms with E-state index in [0.29, 0.717) is 15.8 Å². The maximum Gasteiger partial charge on any atom is 0.264 e. The molecule has 5 nitrogen and oxygen atoms in total. The molecule has 1 aliphatic rings. The number of pyridine rings is 1. The highest BCUT2D eigenvalue weighted by Crippen LogP contribution is 2.33. The third kappa shape index (κ3) is 3.01. The summed E-state index contributed by atoms with van der Waals surface area (Å²) in [4.78, 5) is 20.8. The van der Waals surface area contributed by atoms with E-state index in [1.807, 2.05) is 25.1 Å². The van der Waals surface area contributed by atoms with Gasteiger partial charge in [-0.3, -0.25) is 9.78 Å². The molecule has 1 saturated heterocycles. The number of aryl methyl sites for hydroxylation is 1. The third-order valence-electron chi connectivity index (χ3n) is 3.08. The van der Waals surface area contributed by atoms with Crippen molar-refractivity contribution in [2.75, 3.05) is 0 Å². The summed E-state index contributed by atoms with van der Waals surface area (Å²) < 4.78 is 0. The van der Waals surface area contributed by atoms with Gasteiger partial charge in [-0.25, -0.2) is 4.99 Å². The number of nitrogens with one attached hydrogen (secondary N) is 1. The van der Waals surface area contributed by atoms with Gasteiger partial charge in [0, 0.05) is 12.4 Å². The normalized spacial score (nSPS) is 18.0. The maximum atomic E-state index is 12.0. The predicted molar refractivity (Wildman–Crippen MR) is 87.9 cm³/mol. The van der Waals surface area contributed by atoms with E-state index in [1.54, 1.807) is 30.6 Å². The van der Waals surface area contributed by atoms with Gasteiger partial charge in [-0.2, -0.15) is 0 Å². The standard InChI is InChI=1S/C16H13N3O2S/c1-10-3-2-4-12(20)14(10)18-16-19-15(21)13(22-16)9-11-5-7-17-8-6-11/h2-9,20H,1H3,(H,18,19,21)/b13-9-.